The van der Waals surface area contributed by atoms with Crippen LogP contribution in [0.3, 0.4) is 0 Å². The number of ketones is 1. The minimum atomic E-state index is -0.344. The van der Waals surface area contributed by atoms with Crippen molar-refractivity contribution in [1.82, 2.24) is 5.32 Å². The lowest BCUT2D eigenvalue weighted by Gasteiger charge is -2.17. The van der Waals surface area contributed by atoms with E-state index >= 15 is 0 Å². The van der Waals surface area contributed by atoms with E-state index in [2.05, 4.69) is 17.5 Å². The van der Waals surface area contributed by atoms with Crippen LogP contribution in [0.15, 0.2) is 66.4 Å². The molecule has 21 heavy (non-hydrogen) atoms. The molecule has 1 aromatic rings. The van der Waals surface area contributed by atoms with Crippen molar-refractivity contribution in [3.63, 3.8) is 0 Å². The van der Waals surface area contributed by atoms with Crippen LogP contribution in [-0.4, -0.2) is 22.0 Å². The third-order valence-electron chi connectivity index (χ3n) is 3.64. The van der Waals surface area contributed by atoms with Crippen LogP contribution in [-0.2, 0) is 0 Å². The average molecular weight is 281 g/mol. The fourth-order valence-corrected chi connectivity index (χ4v) is 2.52. The third kappa shape index (κ3) is 2.60. The lowest BCUT2D eigenvalue weighted by molar-refractivity contribution is 0.104. The van der Waals surface area contributed by atoms with Gasteiger partial charge >= 0.3 is 0 Å². The van der Waals surface area contributed by atoms with Crippen molar-refractivity contribution in [2.75, 3.05) is 0 Å². The van der Waals surface area contributed by atoms with Gasteiger partial charge in [-0.3, -0.25) is 4.79 Å². The molecule has 3 rings (SSSR count). The van der Waals surface area contributed by atoms with Crippen molar-refractivity contribution >= 4 is 5.78 Å². The Morgan fingerprint density at radius 2 is 2.00 bits per heavy atom. The molecule has 3 N–H and O–H groups in total. The molecule has 0 saturated carbocycles. The highest BCUT2D eigenvalue weighted by Gasteiger charge is 2.25. The van der Waals surface area contributed by atoms with Gasteiger partial charge in [0.1, 0.15) is 11.5 Å². The van der Waals surface area contributed by atoms with Gasteiger partial charge in [-0.2, -0.15) is 0 Å². The van der Waals surface area contributed by atoms with Crippen LogP contribution in [0.2, 0.25) is 0 Å². The highest BCUT2D eigenvalue weighted by atomic mass is 16.3. The van der Waals surface area contributed by atoms with Gasteiger partial charge in [-0.25, -0.2) is 0 Å². The zero-order valence-corrected chi connectivity index (χ0v) is 11.2. The summed E-state index contributed by atoms with van der Waals surface area (Å²) >= 11 is 0. The average Bonchev–Trinajstić information content (AvgIpc) is 2.90. The van der Waals surface area contributed by atoms with Gasteiger partial charge in [0.15, 0.2) is 5.78 Å². The Labute approximate surface area is 122 Å². The van der Waals surface area contributed by atoms with Crippen LogP contribution in [0.1, 0.15) is 10.4 Å². The first-order valence-corrected chi connectivity index (χ1v) is 6.70. The standard InChI is InChI=1S/C17H15NO3/c19-12-6-8-17(21)14(9-12)16(20)7-5-11-10-18-15-4-2-1-3-13(11)15/h1-10,13,15,18-19,21H/b7-5+. The Hall–Kier alpha value is -2.75. The van der Waals surface area contributed by atoms with Crippen molar-refractivity contribution in [2.45, 2.75) is 6.04 Å². The van der Waals surface area contributed by atoms with Crippen LogP contribution in [0, 0.1) is 5.92 Å². The number of benzene rings is 1. The number of hydrogen-bond acceptors (Lipinski definition) is 4. The molecule has 2 unspecified atom stereocenters. The lowest BCUT2D eigenvalue weighted by atomic mass is 9.91. The van der Waals surface area contributed by atoms with Crippen molar-refractivity contribution in [3.8, 4) is 11.5 Å². The molecule has 1 aromatic carbocycles. The van der Waals surface area contributed by atoms with Gasteiger partial charge in [0.25, 0.3) is 0 Å². The first-order chi connectivity index (χ1) is 10.1. The van der Waals surface area contributed by atoms with E-state index in [9.17, 15) is 15.0 Å². The monoisotopic (exact) mass is 281 g/mol. The van der Waals surface area contributed by atoms with Gasteiger partial charge in [0.05, 0.1) is 11.6 Å². The van der Waals surface area contributed by atoms with Crippen LogP contribution >= 0.6 is 0 Å². The maximum Gasteiger partial charge on any atom is 0.189 e. The van der Waals surface area contributed by atoms with Crippen molar-refractivity contribution < 1.29 is 15.0 Å². The van der Waals surface area contributed by atoms with Crippen molar-refractivity contribution in [3.05, 3.63) is 72.0 Å². The molecular formula is C17H15NO3. The van der Waals surface area contributed by atoms with Gasteiger partial charge in [-0.15, -0.1) is 0 Å². The number of carbonyl (C=O) groups is 1. The van der Waals surface area contributed by atoms with Crippen molar-refractivity contribution in [1.29, 1.82) is 0 Å². The SMILES string of the molecule is O=C(/C=C/C1=CNC2C=CC=CC12)c1cc(O)ccc1O. The lowest BCUT2D eigenvalue weighted by Crippen LogP contribution is -2.24. The molecule has 0 bridgehead atoms. The third-order valence-corrected chi connectivity index (χ3v) is 3.64. The van der Waals surface area contributed by atoms with E-state index < -0.39 is 0 Å². The largest absolute Gasteiger partial charge is 0.508 e. The Morgan fingerprint density at radius 1 is 1.19 bits per heavy atom. The number of aromatic hydroxyl groups is 2. The molecule has 0 fully saturated rings. The Bertz CT molecular complexity index is 698. The number of hydrogen-bond donors (Lipinski definition) is 3. The minimum absolute atomic E-state index is 0.0493. The van der Waals surface area contributed by atoms with Gasteiger partial charge in [-0.1, -0.05) is 30.4 Å². The fourth-order valence-electron chi connectivity index (χ4n) is 2.52. The van der Waals surface area contributed by atoms with Crippen molar-refractivity contribution in [2.24, 2.45) is 5.92 Å². The van der Waals surface area contributed by atoms with Crippen LogP contribution < -0.4 is 5.32 Å². The van der Waals surface area contributed by atoms with E-state index in [1.165, 1.54) is 24.3 Å². The number of fused-ring (bicyclic) bond motifs is 1. The molecule has 1 aliphatic carbocycles. The number of rotatable bonds is 3. The molecule has 1 heterocycles. The molecule has 0 spiro atoms. The smallest absolute Gasteiger partial charge is 0.189 e. The van der Waals surface area contributed by atoms with Crippen LogP contribution in [0.25, 0.3) is 0 Å². The normalized spacial score (nSPS) is 23.0. The molecule has 0 saturated heterocycles. The Balaban J connectivity index is 1.77. The summed E-state index contributed by atoms with van der Waals surface area (Å²) in [4.78, 5) is 12.1. The second-order valence-corrected chi connectivity index (χ2v) is 5.03. The summed E-state index contributed by atoms with van der Waals surface area (Å²) in [5, 5.41) is 22.3. The highest BCUT2D eigenvalue weighted by molar-refractivity contribution is 6.06. The summed E-state index contributed by atoms with van der Waals surface area (Å²) in [6.07, 6.45) is 13.2. The molecule has 0 radical (unpaired) electrons. The van der Waals surface area contributed by atoms with E-state index in [0.717, 1.165) is 5.57 Å². The topological polar surface area (TPSA) is 69.6 Å². The summed E-state index contributed by atoms with van der Waals surface area (Å²) in [6.45, 7) is 0. The quantitative estimate of drug-likeness (QED) is 0.452. The number of phenols is 2. The van der Waals surface area contributed by atoms with Crippen LogP contribution in [0.4, 0.5) is 0 Å². The highest BCUT2D eigenvalue weighted by Crippen LogP contribution is 2.28. The zero-order valence-electron chi connectivity index (χ0n) is 11.2. The predicted octanol–water partition coefficient (Wildman–Crippen LogP) is 2.43. The summed E-state index contributed by atoms with van der Waals surface area (Å²) in [7, 11) is 0. The van der Waals surface area contributed by atoms with E-state index in [-0.39, 0.29) is 34.8 Å². The summed E-state index contributed by atoms with van der Waals surface area (Å²) in [5.74, 6) is -0.314. The van der Waals surface area contributed by atoms with E-state index in [4.69, 9.17) is 0 Å². The summed E-state index contributed by atoms with van der Waals surface area (Å²) in [6, 6.07) is 4.13. The summed E-state index contributed by atoms with van der Waals surface area (Å²) in [5.41, 5.74) is 1.10. The molecule has 1 aliphatic heterocycles. The maximum absolute atomic E-state index is 12.1. The van der Waals surface area contributed by atoms with E-state index in [0.29, 0.717) is 0 Å². The number of nitrogens with one attached hydrogen (secondary N) is 1. The first-order valence-electron chi connectivity index (χ1n) is 6.70. The number of carbonyl (C=O) groups excluding carboxylic acids is 1. The molecule has 0 amide bonds. The van der Waals surface area contributed by atoms with E-state index in [1.807, 2.05) is 18.4 Å². The molecular weight excluding hydrogens is 266 g/mol. The predicted molar refractivity (Wildman–Crippen MR) is 80.0 cm³/mol. The minimum Gasteiger partial charge on any atom is -0.508 e. The molecule has 4 heteroatoms. The second kappa shape index (κ2) is 5.32. The van der Waals surface area contributed by atoms with Crippen LogP contribution in [0.5, 0.6) is 11.5 Å². The van der Waals surface area contributed by atoms with Gasteiger partial charge < -0.3 is 15.5 Å². The zero-order chi connectivity index (χ0) is 14.8. The molecule has 106 valence electrons. The summed E-state index contributed by atoms with van der Waals surface area (Å²) < 4.78 is 0. The van der Waals surface area contributed by atoms with E-state index in [1.54, 1.807) is 6.08 Å². The molecule has 4 nitrogen and oxygen atoms in total. The van der Waals surface area contributed by atoms with Gasteiger partial charge in [-0.05, 0) is 29.8 Å². The first kappa shape index (κ1) is 13.2. The second-order valence-electron chi connectivity index (χ2n) is 5.03. The maximum atomic E-state index is 12.1. The Morgan fingerprint density at radius 3 is 2.86 bits per heavy atom. The van der Waals surface area contributed by atoms with Gasteiger partial charge in [0, 0.05) is 12.1 Å². The molecule has 2 atom stereocenters. The molecule has 2 aliphatic rings. The number of allylic oxidation sites excluding steroid dienone is 4. The number of phenolic OH excluding ortho intramolecular Hbond substituents is 2. The van der Waals surface area contributed by atoms with Gasteiger partial charge in [0.2, 0.25) is 0 Å². The molecule has 0 aromatic heterocycles. The fraction of sp³-hybridized carbons (Fsp3) is 0.118. The Kier molecular flexibility index (Phi) is 3.36.